The Labute approximate surface area is 239 Å². The Morgan fingerprint density at radius 2 is 1.95 bits per heavy atom. The number of hydrogen-bond donors (Lipinski definition) is 2. The van der Waals surface area contributed by atoms with Gasteiger partial charge in [0, 0.05) is 48.2 Å². The Morgan fingerprint density at radius 3 is 2.61 bits per heavy atom. The molecule has 0 spiro atoms. The van der Waals surface area contributed by atoms with E-state index < -0.39 is 11.8 Å². The molecule has 2 N–H and O–H groups in total. The fourth-order valence-electron chi connectivity index (χ4n) is 4.74. The van der Waals surface area contributed by atoms with Crippen LogP contribution in [0.5, 0.6) is 0 Å². The summed E-state index contributed by atoms with van der Waals surface area (Å²) >= 11 is 0. The fourth-order valence-corrected chi connectivity index (χ4v) is 4.74. The van der Waals surface area contributed by atoms with E-state index in [1.165, 1.54) is 12.1 Å². The van der Waals surface area contributed by atoms with Crippen LogP contribution in [0.15, 0.2) is 61.2 Å². The first-order valence-electron chi connectivity index (χ1n) is 14.1. The third-order valence-corrected chi connectivity index (χ3v) is 6.99. The maximum atomic E-state index is 13.9. The number of halogens is 1. The largest absolute Gasteiger partial charge is 0.383 e. The van der Waals surface area contributed by atoms with Crippen molar-refractivity contribution in [1.82, 2.24) is 29.8 Å². The molecule has 0 bridgehead atoms. The van der Waals surface area contributed by atoms with Gasteiger partial charge in [-0.1, -0.05) is 38.1 Å². The number of aromatic nitrogens is 6. The molecule has 5 aromatic rings. The number of aryl methyl sites for hydroxylation is 1. The molecule has 41 heavy (non-hydrogen) atoms. The maximum absolute atomic E-state index is 13.9. The number of anilines is 2. The van der Waals surface area contributed by atoms with Gasteiger partial charge in [-0.3, -0.25) is 9.67 Å². The van der Waals surface area contributed by atoms with Crippen molar-refractivity contribution < 1.29 is 5.76 Å². The fraction of sp³-hybridized carbons (Fsp3) is 0.323. The van der Waals surface area contributed by atoms with Gasteiger partial charge in [0.15, 0.2) is 0 Å². The van der Waals surface area contributed by atoms with E-state index in [0.29, 0.717) is 40.3 Å². The van der Waals surface area contributed by atoms with Gasteiger partial charge >= 0.3 is 0 Å². The second-order valence-corrected chi connectivity index (χ2v) is 11.7. The highest BCUT2D eigenvalue weighted by molar-refractivity contribution is 6.04. The van der Waals surface area contributed by atoms with Crippen molar-refractivity contribution in [3.63, 3.8) is 0 Å². The molecule has 3 aromatic heterocycles. The molecule has 0 amide bonds. The highest BCUT2D eigenvalue weighted by Gasteiger charge is 2.27. The predicted molar refractivity (Wildman–Crippen MR) is 157 cm³/mol. The van der Waals surface area contributed by atoms with Crippen LogP contribution in [0.25, 0.3) is 22.0 Å². The van der Waals surface area contributed by atoms with Crippen molar-refractivity contribution in [2.24, 2.45) is 12.5 Å². The summed E-state index contributed by atoms with van der Waals surface area (Å²) in [6.45, 7) is 6.99. The topological polar surface area (TPSA) is 109 Å². The summed E-state index contributed by atoms with van der Waals surface area (Å²) in [7, 11) is 1.85. The molecule has 0 saturated heterocycles. The van der Waals surface area contributed by atoms with E-state index in [-0.39, 0.29) is 11.5 Å². The summed E-state index contributed by atoms with van der Waals surface area (Å²) in [5, 5.41) is 30.6. The molecular weight excluding hydrogens is 517 g/mol. The predicted octanol–water partition coefficient (Wildman–Crippen LogP) is 6.23. The van der Waals surface area contributed by atoms with Crippen molar-refractivity contribution in [3.05, 3.63) is 83.8 Å². The van der Waals surface area contributed by atoms with E-state index >= 15 is 0 Å². The minimum atomic E-state index is -1.60. The number of hydrogen-bond acceptors (Lipinski definition) is 7. The number of pyridine rings is 1. The van der Waals surface area contributed by atoms with Gasteiger partial charge in [0.2, 0.25) is 0 Å². The number of rotatable bonds is 8. The minimum absolute atomic E-state index is 0.0450. The number of nitrogens with zero attached hydrogens (tertiary/aromatic N) is 7. The number of benzene rings is 2. The standard InChI is InChI=1S/C31H32FN9/c1-31(2,3)18-35-28-20(13-33)14-34-30-25(21-15-36-40(4)16-21)11-23(12-26(28)30)37-29(19-5-7-22(32)8-6-19)27-17-41(39-38-27)24-9-10-24/h5-8,11-12,14-17,24,29,37H,9-10,18H2,1-4H3,(H,34,35)/t29-/m1/s1/i29D. The van der Waals surface area contributed by atoms with Gasteiger partial charge in [-0.2, -0.15) is 10.4 Å². The molecule has 0 radical (unpaired) electrons. The van der Waals surface area contributed by atoms with E-state index in [4.69, 9.17) is 4.98 Å². The van der Waals surface area contributed by atoms with Crippen LogP contribution in [0.4, 0.5) is 15.8 Å². The average molecular weight is 551 g/mol. The lowest BCUT2D eigenvalue weighted by molar-refractivity contribution is 0.443. The van der Waals surface area contributed by atoms with E-state index in [1.807, 2.05) is 25.4 Å². The second kappa shape index (κ2) is 10.3. The zero-order chi connectivity index (χ0) is 29.6. The van der Waals surface area contributed by atoms with Gasteiger partial charge in [0.1, 0.15) is 17.6 Å². The average Bonchev–Trinajstić information content (AvgIpc) is 3.51. The Balaban J connectivity index is 1.55. The van der Waals surface area contributed by atoms with Gasteiger partial charge in [0.25, 0.3) is 0 Å². The Bertz CT molecular complexity index is 1810. The highest BCUT2D eigenvalue weighted by Crippen LogP contribution is 2.39. The Hall–Kier alpha value is -4.78. The lowest BCUT2D eigenvalue weighted by Gasteiger charge is -2.23. The van der Waals surface area contributed by atoms with Crippen LogP contribution in [-0.4, -0.2) is 36.3 Å². The van der Waals surface area contributed by atoms with Gasteiger partial charge in [-0.15, -0.1) is 5.10 Å². The number of nitrogens with one attached hydrogen (secondary N) is 2. The van der Waals surface area contributed by atoms with Crippen LogP contribution >= 0.6 is 0 Å². The van der Waals surface area contributed by atoms with Crippen LogP contribution in [-0.2, 0) is 7.05 Å². The first kappa shape index (κ1) is 25.2. The molecule has 1 atom stereocenters. The zero-order valence-corrected chi connectivity index (χ0v) is 23.5. The molecule has 1 fully saturated rings. The molecule has 1 aliphatic carbocycles. The van der Waals surface area contributed by atoms with Crippen LogP contribution in [0.1, 0.15) is 63.9 Å². The SMILES string of the molecule is [2H][C@@](Nc1cc(-c2cnn(C)c2)c2ncc(C#N)c(NCC(C)(C)C)c2c1)(c1ccc(F)cc1)c1cn(C2CC2)nn1. The summed E-state index contributed by atoms with van der Waals surface area (Å²) in [5.74, 6) is -0.392. The summed E-state index contributed by atoms with van der Waals surface area (Å²) in [4.78, 5) is 4.69. The lowest BCUT2D eigenvalue weighted by atomic mass is 9.95. The van der Waals surface area contributed by atoms with Gasteiger partial charge in [0.05, 0.1) is 42.6 Å². The molecule has 2 aromatic carbocycles. The summed E-state index contributed by atoms with van der Waals surface area (Å²) < 4.78 is 27.2. The molecule has 1 saturated carbocycles. The van der Waals surface area contributed by atoms with Crippen LogP contribution in [0.2, 0.25) is 0 Å². The lowest BCUT2D eigenvalue weighted by Crippen LogP contribution is -2.20. The molecule has 208 valence electrons. The Morgan fingerprint density at radius 1 is 1.17 bits per heavy atom. The molecule has 10 heteroatoms. The van der Waals surface area contributed by atoms with E-state index in [2.05, 4.69) is 52.9 Å². The van der Waals surface area contributed by atoms with Gasteiger partial charge in [-0.25, -0.2) is 9.07 Å². The van der Waals surface area contributed by atoms with Crippen molar-refractivity contribution in [3.8, 4) is 17.2 Å². The first-order valence-corrected chi connectivity index (χ1v) is 13.6. The maximum Gasteiger partial charge on any atom is 0.123 e. The number of nitriles is 1. The highest BCUT2D eigenvalue weighted by atomic mass is 19.1. The zero-order valence-electron chi connectivity index (χ0n) is 24.5. The summed E-state index contributed by atoms with van der Waals surface area (Å²) in [6.07, 6.45) is 9.08. The molecular formula is C31H32FN9. The smallest absolute Gasteiger partial charge is 0.123 e. The molecule has 1 aliphatic rings. The van der Waals surface area contributed by atoms with Gasteiger partial charge in [-0.05, 0) is 48.1 Å². The van der Waals surface area contributed by atoms with Gasteiger partial charge < -0.3 is 10.6 Å². The normalized spacial score (nSPS) is 15.3. The van der Waals surface area contributed by atoms with E-state index in [9.17, 15) is 11.0 Å². The van der Waals surface area contributed by atoms with Crippen molar-refractivity contribution >= 4 is 22.3 Å². The third-order valence-electron chi connectivity index (χ3n) is 6.99. The van der Waals surface area contributed by atoms with Crippen molar-refractivity contribution in [1.29, 1.82) is 5.26 Å². The van der Waals surface area contributed by atoms with Crippen LogP contribution < -0.4 is 10.6 Å². The van der Waals surface area contributed by atoms with Crippen molar-refractivity contribution in [2.75, 3.05) is 17.2 Å². The van der Waals surface area contributed by atoms with Crippen LogP contribution in [0.3, 0.4) is 0 Å². The van der Waals surface area contributed by atoms with E-state index in [1.54, 1.807) is 40.1 Å². The molecule has 9 nitrogen and oxygen atoms in total. The summed E-state index contributed by atoms with van der Waals surface area (Å²) in [5.41, 5.74) is 4.85. The quantitative estimate of drug-likeness (QED) is 0.236. The third kappa shape index (κ3) is 5.61. The molecule has 3 heterocycles. The molecule has 0 aliphatic heterocycles. The van der Waals surface area contributed by atoms with E-state index in [0.717, 1.165) is 29.4 Å². The monoisotopic (exact) mass is 550 g/mol. The second-order valence-electron chi connectivity index (χ2n) is 11.7. The van der Waals surface area contributed by atoms with Crippen molar-refractivity contribution in [2.45, 2.75) is 45.7 Å². The number of fused-ring (bicyclic) bond motifs is 1. The first-order chi connectivity index (χ1) is 20.0. The molecule has 6 rings (SSSR count). The Kier molecular flexibility index (Phi) is 6.34. The summed E-state index contributed by atoms with van der Waals surface area (Å²) in [6, 6.07) is 10.6. The minimum Gasteiger partial charge on any atom is -0.383 e. The molecule has 0 unspecified atom stereocenters. The van der Waals surface area contributed by atoms with Crippen LogP contribution in [0, 0.1) is 22.6 Å².